The first kappa shape index (κ1) is 11.5. The van der Waals surface area contributed by atoms with Crippen molar-refractivity contribution in [3.05, 3.63) is 30.1 Å². The summed E-state index contributed by atoms with van der Waals surface area (Å²) < 4.78 is 23.7. The average molecular weight is 270 g/mol. The molecule has 17 heavy (non-hydrogen) atoms. The van der Waals surface area contributed by atoms with Gasteiger partial charge in [0.15, 0.2) is 10.8 Å². The Morgan fingerprint density at radius 2 is 2.24 bits per heavy atom. The number of aromatic nitrogens is 4. The van der Waals surface area contributed by atoms with Crippen molar-refractivity contribution in [2.24, 2.45) is 0 Å². The third kappa shape index (κ3) is 2.11. The Balaban J connectivity index is 2.74. The first-order valence-corrected chi connectivity index (χ1v) is 6.56. The number of hydrogen-bond donors (Lipinski definition) is 0. The highest BCUT2D eigenvalue weighted by Crippen LogP contribution is 2.21. The molecule has 0 fully saturated rings. The summed E-state index contributed by atoms with van der Waals surface area (Å²) in [5.74, 6) is 0.160. The number of nitrogens with zero attached hydrogens (tertiary/aromatic N) is 5. The van der Waals surface area contributed by atoms with Crippen LogP contribution >= 0.6 is 10.7 Å². The summed E-state index contributed by atoms with van der Waals surface area (Å²) in [5, 5.41) is 19.4. The molecule has 2 rings (SSSR count). The minimum Gasteiger partial charge on any atom is -0.205 e. The molecule has 0 aromatic carbocycles. The second-order valence-corrected chi connectivity index (χ2v) is 5.39. The molecule has 0 aliphatic rings. The highest BCUT2D eigenvalue weighted by Gasteiger charge is 2.24. The lowest BCUT2D eigenvalue weighted by Gasteiger charge is -2.02. The standard InChI is InChI=1S/C8H4ClN5O2S/c9-17(15,16)8-6(4-10)5-12-14(8)7-2-1-3-11-13-7/h1-3,5H. The summed E-state index contributed by atoms with van der Waals surface area (Å²) >= 11 is 0. The zero-order chi connectivity index (χ0) is 12.5. The number of halogens is 1. The normalized spacial score (nSPS) is 11.1. The van der Waals surface area contributed by atoms with E-state index in [0.717, 1.165) is 10.9 Å². The van der Waals surface area contributed by atoms with Gasteiger partial charge >= 0.3 is 0 Å². The first-order chi connectivity index (χ1) is 8.04. The Morgan fingerprint density at radius 3 is 2.76 bits per heavy atom. The van der Waals surface area contributed by atoms with E-state index < -0.39 is 14.1 Å². The zero-order valence-corrected chi connectivity index (χ0v) is 9.72. The molecule has 0 N–H and O–H groups in total. The Hall–Kier alpha value is -1.98. The quantitative estimate of drug-likeness (QED) is 0.734. The van der Waals surface area contributed by atoms with Crippen LogP contribution in [0.1, 0.15) is 5.56 Å². The maximum Gasteiger partial charge on any atom is 0.280 e. The van der Waals surface area contributed by atoms with E-state index in [9.17, 15) is 8.42 Å². The van der Waals surface area contributed by atoms with Crippen molar-refractivity contribution in [1.29, 1.82) is 5.26 Å². The fourth-order valence-electron chi connectivity index (χ4n) is 1.22. The third-order valence-corrected chi connectivity index (χ3v) is 3.14. The van der Waals surface area contributed by atoms with E-state index >= 15 is 0 Å². The average Bonchev–Trinajstić information content (AvgIpc) is 2.73. The molecule has 2 aromatic rings. The van der Waals surface area contributed by atoms with Gasteiger partial charge in [0.25, 0.3) is 9.05 Å². The van der Waals surface area contributed by atoms with Crippen molar-refractivity contribution in [2.75, 3.05) is 0 Å². The summed E-state index contributed by atoms with van der Waals surface area (Å²) in [6.45, 7) is 0. The van der Waals surface area contributed by atoms with E-state index in [1.165, 1.54) is 12.3 Å². The van der Waals surface area contributed by atoms with Crippen molar-refractivity contribution >= 4 is 19.7 Å². The van der Waals surface area contributed by atoms with Crippen molar-refractivity contribution in [3.8, 4) is 11.9 Å². The van der Waals surface area contributed by atoms with Crippen molar-refractivity contribution < 1.29 is 8.42 Å². The van der Waals surface area contributed by atoms with Crippen LogP contribution in [0.2, 0.25) is 0 Å². The Morgan fingerprint density at radius 1 is 1.47 bits per heavy atom. The lowest BCUT2D eigenvalue weighted by molar-refractivity contribution is 0.597. The van der Waals surface area contributed by atoms with Gasteiger partial charge in [0.2, 0.25) is 0 Å². The number of rotatable bonds is 2. The zero-order valence-electron chi connectivity index (χ0n) is 8.15. The predicted octanol–water partition coefficient (Wildman–Crippen LogP) is 0.461. The molecule has 0 radical (unpaired) electrons. The van der Waals surface area contributed by atoms with Gasteiger partial charge in [0.1, 0.15) is 11.6 Å². The second-order valence-electron chi connectivity index (χ2n) is 2.91. The van der Waals surface area contributed by atoms with Crippen LogP contribution in [0.25, 0.3) is 5.82 Å². The van der Waals surface area contributed by atoms with Crippen molar-refractivity contribution in [1.82, 2.24) is 20.0 Å². The molecule has 0 amide bonds. The Bertz CT molecular complexity index is 688. The molecule has 0 spiro atoms. The molecule has 0 bridgehead atoms. The van der Waals surface area contributed by atoms with Crippen LogP contribution in [0.5, 0.6) is 0 Å². The van der Waals surface area contributed by atoms with Gasteiger partial charge in [-0.05, 0) is 12.1 Å². The van der Waals surface area contributed by atoms with Crippen LogP contribution < -0.4 is 0 Å². The smallest absolute Gasteiger partial charge is 0.205 e. The van der Waals surface area contributed by atoms with E-state index in [2.05, 4.69) is 15.3 Å². The molecule has 2 aromatic heterocycles. The van der Waals surface area contributed by atoms with Crippen molar-refractivity contribution in [3.63, 3.8) is 0 Å². The van der Waals surface area contributed by atoms with Gasteiger partial charge in [0, 0.05) is 16.9 Å². The SMILES string of the molecule is N#Cc1cnn(-c2cccnn2)c1S(=O)(=O)Cl. The van der Waals surface area contributed by atoms with Crippen LogP contribution in [0.15, 0.2) is 29.6 Å². The van der Waals surface area contributed by atoms with Crippen LogP contribution in [0.4, 0.5) is 0 Å². The van der Waals surface area contributed by atoms with Crippen LogP contribution in [-0.4, -0.2) is 28.4 Å². The summed E-state index contributed by atoms with van der Waals surface area (Å²) in [7, 11) is 1.15. The van der Waals surface area contributed by atoms with Gasteiger partial charge in [-0.25, -0.2) is 8.42 Å². The highest BCUT2D eigenvalue weighted by molar-refractivity contribution is 8.13. The third-order valence-electron chi connectivity index (χ3n) is 1.85. The Labute approximate surface area is 101 Å². The van der Waals surface area contributed by atoms with E-state index in [1.807, 2.05) is 0 Å². The molecule has 0 unspecified atom stereocenters. The monoisotopic (exact) mass is 269 g/mol. The minimum absolute atomic E-state index is 0.148. The van der Waals surface area contributed by atoms with E-state index in [-0.39, 0.29) is 11.4 Å². The molecule has 0 atom stereocenters. The summed E-state index contributed by atoms with van der Waals surface area (Å²) in [4.78, 5) is 0. The number of nitriles is 1. The van der Waals surface area contributed by atoms with Crippen LogP contribution in [-0.2, 0) is 9.05 Å². The van der Waals surface area contributed by atoms with E-state index in [1.54, 1.807) is 12.1 Å². The molecule has 9 heteroatoms. The maximum atomic E-state index is 11.4. The van der Waals surface area contributed by atoms with Crippen molar-refractivity contribution in [2.45, 2.75) is 5.03 Å². The molecule has 0 aliphatic carbocycles. The molecule has 0 saturated heterocycles. The van der Waals surface area contributed by atoms with Gasteiger partial charge in [-0.2, -0.15) is 20.1 Å². The first-order valence-electron chi connectivity index (χ1n) is 4.25. The van der Waals surface area contributed by atoms with Gasteiger partial charge in [-0.1, -0.05) is 0 Å². The predicted molar refractivity (Wildman–Crippen MR) is 56.9 cm³/mol. The molecular formula is C8H4ClN5O2S. The molecule has 7 nitrogen and oxygen atoms in total. The lowest BCUT2D eigenvalue weighted by Crippen LogP contribution is -2.08. The van der Waals surface area contributed by atoms with Crippen LogP contribution in [0, 0.1) is 11.3 Å². The minimum atomic E-state index is -4.10. The molecule has 2 heterocycles. The van der Waals surface area contributed by atoms with E-state index in [4.69, 9.17) is 15.9 Å². The fraction of sp³-hybridized carbons (Fsp3) is 0. The largest absolute Gasteiger partial charge is 0.280 e. The van der Waals surface area contributed by atoms with Gasteiger partial charge < -0.3 is 0 Å². The fourth-order valence-corrected chi connectivity index (χ4v) is 2.37. The molecule has 86 valence electrons. The molecule has 0 aliphatic heterocycles. The lowest BCUT2D eigenvalue weighted by atomic mass is 10.4. The van der Waals surface area contributed by atoms with Gasteiger partial charge in [-0.3, -0.25) is 0 Å². The van der Waals surface area contributed by atoms with Crippen LogP contribution in [0.3, 0.4) is 0 Å². The summed E-state index contributed by atoms with van der Waals surface area (Å²) in [5.41, 5.74) is -0.148. The summed E-state index contributed by atoms with van der Waals surface area (Å²) in [6, 6.07) is 4.75. The van der Waals surface area contributed by atoms with Gasteiger partial charge in [-0.15, -0.1) is 5.10 Å². The van der Waals surface area contributed by atoms with E-state index in [0.29, 0.717) is 0 Å². The number of hydrogen-bond acceptors (Lipinski definition) is 6. The maximum absolute atomic E-state index is 11.4. The Kier molecular flexibility index (Phi) is 2.79. The van der Waals surface area contributed by atoms with Gasteiger partial charge in [0.05, 0.1) is 6.20 Å². The molecule has 0 saturated carbocycles. The summed E-state index contributed by atoms with van der Waals surface area (Å²) in [6.07, 6.45) is 2.52. The molecular weight excluding hydrogens is 266 g/mol. The second kappa shape index (κ2) is 4.12. The highest BCUT2D eigenvalue weighted by atomic mass is 35.7. The topological polar surface area (TPSA) is 102 Å².